The molecule has 0 spiro atoms. The lowest BCUT2D eigenvalue weighted by molar-refractivity contribution is -0.146. The molecule has 1 amide bonds. The fourth-order valence-electron chi connectivity index (χ4n) is 3.36. The number of imidazole rings is 1. The summed E-state index contributed by atoms with van der Waals surface area (Å²) in [7, 11) is 1.37. The second kappa shape index (κ2) is 9.15. The zero-order chi connectivity index (χ0) is 19.9. The summed E-state index contributed by atoms with van der Waals surface area (Å²) >= 11 is 0. The third-order valence-corrected chi connectivity index (χ3v) is 4.83. The maximum Gasteiger partial charge on any atom is 0.310 e. The van der Waals surface area contributed by atoms with Crippen LogP contribution in [0.25, 0.3) is 0 Å². The molecule has 2 heterocycles. The second-order valence-corrected chi connectivity index (χ2v) is 6.88. The number of nitrogens with zero attached hydrogens (tertiary/aromatic N) is 3. The minimum atomic E-state index is -0.257. The van der Waals surface area contributed by atoms with Crippen molar-refractivity contribution in [3.63, 3.8) is 0 Å². The van der Waals surface area contributed by atoms with Crippen LogP contribution in [-0.2, 0) is 27.3 Å². The lowest BCUT2D eigenvalue weighted by atomic mass is 9.95. The number of benzene rings is 1. The molecule has 0 radical (unpaired) electrons. The Bertz CT molecular complexity index is 869. The molecule has 146 valence electrons. The summed E-state index contributed by atoms with van der Waals surface area (Å²) in [5, 5.41) is 15.0. The van der Waals surface area contributed by atoms with Gasteiger partial charge < -0.3 is 19.9 Å². The number of hydrogen-bond donors (Lipinski definition) is 2. The van der Waals surface area contributed by atoms with E-state index in [-0.39, 0.29) is 30.3 Å². The molecule has 8 nitrogen and oxygen atoms in total. The molecule has 1 aliphatic heterocycles. The number of methoxy groups -OCH3 is 1. The van der Waals surface area contributed by atoms with Crippen LogP contribution in [0.5, 0.6) is 0 Å². The number of piperidine rings is 1. The van der Waals surface area contributed by atoms with Gasteiger partial charge >= 0.3 is 5.97 Å². The number of rotatable bonds is 6. The first-order valence-electron chi connectivity index (χ1n) is 9.15. The SMILES string of the molecule is COC(=O)C1CNCC(NC(=O)Cc2cncn2Cc2ccc(C#N)cc2)C1. The highest BCUT2D eigenvalue weighted by Crippen LogP contribution is 2.13. The van der Waals surface area contributed by atoms with Crippen molar-refractivity contribution in [3.8, 4) is 6.07 Å². The summed E-state index contributed by atoms with van der Waals surface area (Å²) in [5.74, 6) is -0.614. The standard InChI is InChI=1S/C20H23N5O3/c1-28-20(27)16-6-17(10-22-9-16)24-19(26)7-18-11-23-13-25(18)12-15-4-2-14(8-21)3-5-15/h2-5,11,13,16-17,22H,6-7,9-10,12H2,1H3,(H,24,26). The molecule has 2 aromatic rings. The van der Waals surface area contributed by atoms with E-state index in [1.54, 1.807) is 24.7 Å². The van der Waals surface area contributed by atoms with Crippen molar-refractivity contribution in [1.29, 1.82) is 5.26 Å². The van der Waals surface area contributed by atoms with E-state index < -0.39 is 0 Å². The van der Waals surface area contributed by atoms with E-state index in [2.05, 4.69) is 21.7 Å². The van der Waals surface area contributed by atoms with Gasteiger partial charge in [0.25, 0.3) is 0 Å². The number of nitriles is 1. The number of amides is 1. The largest absolute Gasteiger partial charge is 0.469 e. The molecule has 1 aliphatic rings. The van der Waals surface area contributed by atoms with Gasteiger partial charge in [-0.25, -0.2) is 4.98 Å². The Kier molecular flexibility index (Phi) is 6.40. The summed E-state index contributed by atoms with van der Waals surface area (Å²) in [6.07, 6.45) is 4.14. The lowest BCUT2D eigenvalue weighted by Crippen LogP contribution is -2.51. The zero-order valence-electron chi connectivity index (χ0n) is 15.7. The van der Waals surface area contributed by atoms with Gasteiger partial charge in [0.05, 0.1) is 37.4 Å². The van der Waals surface area contributed by atoms with Crippen LogP contribution in [0.2, 0.25) is 0 Å². The van der Waals surface area contributed by atoms with Crippen LogP contribution in [0, 0.1) is 17.2 Å². The summed E-state index contributed by atoms with van der Waals surface area (Å²) in [6, 6.07) is 9.31. The van der Waals surface area contributed by atoms with Crippen LogP contribution >= 0.6 is 0 Å². The van der Waals surface area contributed by atoms with Crippen molar-refractivity contribution in [2.45, 2.75) is 25.4 Å². The molecule has 2 unspecified atom stereocenters. The monoisotopic (exact) mass is 381 g/mol. The lowest BCUT2D eigenvalue weighted by Gasteiger charge is -2.29. The topological polar surface area (TPSA) is 109 Å². The highest BCUT2D eigenvalue weighted by molar-refractivity contribution is 5.78. The maximum atomic E-state index is 12.5. The fourth-order valence-corrected chi connectivity index (χ4v) is 3.36. The highest BCUT2D eigenvalue weighted by atomic mass is 16.5. The fraction of sp³-hybridized carbons (Fsp3) is 0.400. The normalized spacial score (nSPS) is 18.9. The molecule has 28 heavy (non-hydrogen) atoms. The van der Waals surface area contributed by atoms with Gasteiger partial charge in [-0.2, -0.15) is 5.26 Å². The van der Waals surface area contributed by atoms with Crippen LogP contribution in [-0.4, -0.2) is 47.7 Å². The second-order valence-electron chi connectivity index (χ2n) is 6.88. The number of nitrogens with one attached hydrogen (secondary N) is 2. The van der Waals surface area contributed by atoms with Gasteiger partial charge in [0.2, 0.25) is 5.91 Å². The van der Waals surface area contributed by atoms with Gasteiger partial charge in [0.15, 0.2) is 0 Å². The minimum absolute atomic E-state index is 0.111. The molecule has 0 aliphatic carbocycles. The van der Waals surface area contributed by atoms with Crippen LogP contribution in [0.4, 0.5) is 0 Å². The Morgan fingerprint density at radius 3 is 2.86 bits per heavy atom. The molecule has 2 atom stereocenters. The van der Waals surface area contributed by atoms with Crippen molar-refractivity contribution < 1.29 is 14.3 Å². The van der Waals surface area contributed by atoms with Gasteiger partial charge in [-0.3, -0.25) is 9.59 Å². The third kappa shape index (κ3) is 4.96. The molecule has 1 saturated heterocycles. The Morgan fingerprint density at radius 2 is 2.14 bits per heavy atom. The maximum absolute atomic E-state index is 12.5. The quantitative estimate of drug-likeness (QED) is 0.710. The summed E-state index contributed by atoms with van der Waals surface area (Å²) in [4.78, 5) is 28.3. The molecular weight excluding hydrogens is 358 g/mol. The van der Waals surface area contributed by atoms with E-state index in [1.807, 2.05) is 16.7 Å². The molecule has 8 heteroatoms. The van der Waals surface area contributed by atoms with Crippen molar-refractivity contribution in [2.24, 2.45) is 5.92 Å². The van der Waals surface area contributed by atoms with E-state index in [1.165, 1.54) is 7.11 Å². The van der Waals surface area contributed by atoms with E-state index in [9.17, 15) is 9.59 Å². The summed E-state index contributed by atoms with van der Waals surface area (Å²) in [6.45, 7) is 1.77. The first-order chi connectivity index (χ1) is 13.6. The molecular formula is C20H23N5O3. The zero-order valence-corrected chi connectivity index (χ0v) is 15.7. The van der Waals surface area contributed by atoms with Crippen molar-refractivity contribution >= 4 is 11.9 Å². The first kappa shape index (κ1) is 19.6. The predicted octanol–water partition coefficient (Wildman–Crippen LogP) is 0.613. The van der Waals surface area contributed by atoms with E-state index in [4.69, 9.17) is 10.00 Å². The molecule has 3 rings (SSSR count). The first-order valence-corrected chi connectivity index (χ1v) is 9.15. The van der Waals surface area contributed by atoms with E-state index >= 15 is 0 Å². The smallest absolute Gasteiger partial charge is 0.310 e. The third-order valence-electron chi connectivity index (χ3n) is 4.83. The molecule has 1 aromatic heterocycles. The van der Waals surface area contributed by atoms with Crippen LogP contribution in [0.1, 0.15) is 23.2 Å². The average molecular weight is 381 g/mol. The summed E-state index contributed by atoms with van der Waals surface area (Å²) < 4.78 is 6.71. The molecule has 2 N–H and O–H groups in total. The van der Waals surface area contributed by atoms with E-state index in [0.29, 0.717) is 31.6 Å². The molecule has 0 saturated carbocycles. The molecule has 1 fully saturated rings. The Hall–Kier alpha value is -3.18. The van der Waals surface area contributed by atoms with Gasteiger partial charge in [-0.05, 0) is 24.1 Å². The number of carbonyl (C=O) groups is 2. The van der Waals surface area contributed by atoms with Crippen molar-refractivity contribution in [3.05, 3.63) is 53.6 Å². The summed E-state index contributed by atoms with van der Waals surface area (Å²) in [5.41, 5.74) is 2.44. The van der Waals surface area contributed by atoms with E-state index in [0.717, 1.165) is 11.3 Å². The van der Waals surface area contributed by atoms with Gasteiger partial charge in [0, 0.05) is 37.6 Å². The highest BCUT2D eigenvalue weighted by Gasteiger charge is 2.28. The van der Waals surface area contributed by atoms with Crippen molar-refractivity contribution in [1.82, 2.24) is 20.2 Å². The number of carbonyl (C=O) groups excluding carboxylic acids is 2. The Morgan fingerprint density at radius 1 is 1.36 bits per heavy atom. The Balaban J connectivity index is 1.57. The van der Waals surface area contributed by atoms with Crippen LogP contribution in [0.15, 0.2) is 36.8 Å². The molecule has 0 bridgehead atoms. The number of hydrogen-bond acceptors (Lipinski definition) is 6. The van der Waals surface area contributed by atoms with Gasteiger partial charge in [-0.1, -0.05) is 12.1 Å². The van der Waals surface area contributed by atoms with Crippen molar-refractivity contribution in [2.75, 3.05) is 20.2 Å². The minimum Gasteiger partial charge on any atom is -0.469 e. The Labute approximate surface area is 163 Å². The van der Waals surface area contributed by atoms with Gasteiger partial charge in [-0.15, -0.1) is 0 Å². The number of esters is 1. The number of ether oxygens (including phenoxy) is 1. The molecule has 1 aromatic carbocycles. The van der Waals surface area contributed by atoms with Gasteiger partial charge in [0.1, 0.15) is 0 Å². The van der Waals surface area contributed by atoms with Crippen LogP contribution < -0.4 is 10.6 Å². The number of aromatic nitrogens is 2. The average Bonchev–Trinajstić information content (AvgIpc) is 3.14. The van der Waals surface area contributed by atoms with Crippen LogP contribution in [0.3, 0.4) is 0 Å². The predicted molar refractivity (Wildman–Crippen MR) is 101 cm³/mol.